The summed E-state index contributed by atoms with van der Waals surface area (Å²) in [4.78, 5) is 6.86. The Morgan fingerprint density at radius 2 is 1.17 bits per heavy atom. The zero-order valence-corrected chi connectivity index (χ0v) is 30.5. The zero-order valence-electron chi connectivity index (χ0n) is 30.5. The SMILES string of the molecule is CC(C)(C)c1ccc(N(c2ccc3c(c2)N(c2ccccc2)c2cccc4c2B3c2cc3ccccn3c2N4c2ccccc2)c2ccccc2F)cc1. The molecule has 0 saturated heterocycles. The molecule has 54 heavy (non-hydrogen) atoms. The van der Waals surface area contributed by atoms with Gasteiger partial charge in [-0.25, -0.2) is 4.39 Å². The molecule has 0 spiro atoms. The first kappa shape index (κ1) is 32.2. The van der Waals surface area contributed by atoms with Gasteiger partial charge in [-0.1, -0.05) is 99.6 Å². The van der Waals surface area contributed by atoms with Crippen LogP contribution in [0.2, 0.25) is 0 Å². The monoisotopic (exact) mass is 700 g/mol. The Balaban J connectivity index is 1.24. The van der Waals surface area contributed by atoms with Crippen LogP contribution in [0.1, 0.15) is 26.3 Å². The molecular formula is C48H38BFN4. The topological polar surface area (TPSA) is 14.1 Å². The molecule has 0 atom stereocenters. The molecule has 0 saturated carbocycles. The molecule has 0 N–H and O–H groups in total. The smallest absolute Gasteiger partial charge is 0.254 e. The lowest BCUT2D eigenvalue weighted by molar-refractivity contribution is 0.590. The van der Waals surface area contributed by atoms with Crippen molar-refractivity contribution in [3.63, 3.8) is 0 Å². The molecule has 6 aromatic carbocycles. The van der Waals surface area contributed by atoms with E-state index in [1.165, 1.54) is 28.0 Å². The van der Waals surface area contributed by atoms with Gasteiger partial charge < -0.3 is 14.2 Å². The normalized spacial score (nSPS) is 13.1. The van der Waals surface area contributed by atoms with E-state index in [9.17, 15) is 0 Å². The third kappa shape index (κ3) is 4.97. The second-order valence-corrected chi connectivity index (χ2v) is 15.2. The second kappa shape index (κ2) is 12.3. The number of hydrogen-bond donors (Lipinski definition) is 0. The number of halogens is 1. The first-order valence-electron chi connectivity index (χ1n) is 18.6. The average molecular weight is 701 g/mol. The van der Waals surface area contributed by atoms with Crippen molar-refractivity contribution in [3.8, 4) is 0 Å². The van der Waals surface area contributed by atoms with Crippen LogP contribution in [0.5, 0.6) is 0 Å². The number of hydrogen-bond acceptors (Lipinski definition) is 3. The molecule has 0 unspecified atom stereocenters. The van der Waals surface area contributed by atoms with E-state index < -0.39 is 0 Å². The standard InChI is InChI=1S/C48H38BFN4/c1-48(2,3)33-24-26-36(27-25-33)52(42-21-11-10-20-41(42)50)38-28-29-39-45(32-38)53(34-15-6-4-7-16-34)43-22-14-23-44-46(43)49(39)40-31-37-19-12-13-30-51(37)47(40)54(44)35-17-8-5-9-18-35/h4-32H,1-3H3. The van der Waals surface area contributed by atoms with Gasteiger partial charge in [-0.3, -0.25) is 4.90 Å². The number of para-hydroxylation sites is 3. The van der Waals surface area contributed by atoms with E-state index in [-0.39, 0.29) is 17.9 Å². The fourth-order valence-electron chi connectivity index (χ4n) is 8.50. The summed E-state index contributed by atoms with van der Waals surface area (Å²) in [5.74, 6) is 0.866. The molecule has 2 aromatic heterocycles. The number of fused-ring (bicyclic) bond motifs is 6. The number of nitrogens with zero attached hydrogens (tertiary/aromatic N) is 4. The molecule has 4 nitrogen and oxygen atoms in total. The Kier molecular flexibility index (Phi) is 7.31. The first-order valence-corrected chi connectivity index (χ1v) is 18.6. The minimum Gasteiger partial charge on any atom is -0.311 e. The fourth-order valence-corrected chi connectivity index (χ4v) is 8.50. The number of benzene rings is 6. The van der Waals surface area contributed by atoms with E-state index in [1.807, 2.05) is 17.0 Å². The third-order valence-electron chi connectivity index (χ3n) is 11.0. The van der Waals surface area contributed by atoms with E-state index in [0.29, 0.717) is 5.69 Å². The van der Waals surface area contributed by atoms with Crippen molar-refractivity contribution in [2.45, 2.75) is 26.2 Å². The lowest BCUT2D eigenvalue weighted by Crippen LogP contribution is -2.61. The zero-order chi connectivity index (χ0) is 36.6. The molecule has 0 aliphatic carbocycles. The predicted octanol–water partition coefficient (Wildman–Crippen LogP) is 10.9. The maximum Gasteiger partial charge on any atom is 0.254 e. The van der Waals surface area contributed by atoms with Crippen LogP contribution in [0.25, 0.3) is 5.52 Å². The fraction of sp³-hybridized carbons (Fsp3) is 0.0833. The maximum absolute atomic E-state index is 15.9. The molecule has 0 radical (unpaired) electrons. The summed E-state index contributed by atoms with van der Waals surface area (Å²) >= 11 is 0. The van der Waals surface area contributed by atoms with Crippen molar-refractivity contribution in [1.82, 2.24) is 4.40 Å². The Bertz CT molecular complexity index is 2680. The molecule has 260 valence electrons. The largest absolute Gasteiger partial charge is 0.311 e. The Hall–Kier alpha value is -6.53. The second-order valence-electron chi connectivity index (χ2n) is 15.2. The van der Waals surface area contributed by atoms with Crippen LogP contribution >= 0.6 is 0 Å². The lowest BCUT2D eigenvalue weighted by Gasteiger charge is -2.43. The van der Waals surface area contributed by atoms with Crippen LogP contribution < -0.4 is 31.1 Å². The van der Waals surface area contributed by atoms with E-state index in [0.717, 1.165) is 51.1 Å². The molecular weight excluding hydrogens is 662 g/mol. The van der Waals surface area contributed by atoms with Gasteiger partial charge in [0.2, 0.25) is 0 Å². The molecule has 2 aliphatic heterocycles. The Morgan fingerprint density at radius 1 is 0.537 bits per heavy atom. The molecule has 2 aliphatic rings. The summed E-state index contributed by atoms with van der Waals surface area (Å²) in [6, 6.07) is 59.0. The average Bonchev–Trinajstić information content (AvgIpc) is 3.58. The molecule has 10 rings (SSSR count). The molecule has 4 heterocycles. The van der Waals surface area contributed by atoms with E-state index in [2.05, 4.69) is 187 Å². The van der Waals surface area contributed by atoms with Gasteiger partial charge in [0, 0.05) is 51.5 Å². The van der Waals surface area contributed by atoms with E-state index >= 15 is 4.39 Å². The maximum atomic E-state index is 15.9. The number of rotatable bonds is 5. The van der Waals surface area contributed by atoms with Crippen molar-refractivity contribution in [1.29, 1.82) is 0 Å². The van der Waals surface area contributed by atoms with Gasteiger partial charge in [0.25, 0.3) is 6.71 Å². The Morgan fingerprint density at radius 3 is 1.87 bits per heavy atom. The quantitative estimate of drug-likeness (QED) is 0.166. The summed E-state index contributed by atoms with van der Waals surface area (Å²) in [6.07, 6.45) is 2.17. The van der Waals surface area contributed by atoms with Gasteiger partial charge in [0.1, 0.15) is 11.6 Å². The van der Waals surface area contributed by atoms with Crippen LogP contribution in [-0.2, 0) is 5.41 Å². The van der Waals surface area contributed by atoms with E-state index in [4.69, 9.17) is 0 Å². The number of aromatic nitrogens is 1. The minimum atomic E-state index is -0.275. The van der Waals surface area contributed by atoms with Crippen molar-refractivity contribution < 1.29 is 4.39 Å². The summed E-state index contributed by atoms with van der Waals surface area (Å²) < 4.78 is 18.2. The van der Waals surface area contributed by atoms with Crippen LogP contribution in [0.4, 0.5) is 55.7 Å². The Labute approximate surface area is 316 Å². The van der Waals surface area contributed by atoms with Crippen LogP contribution in [0.3, 0.4) is 0 Å². The molecule has 6 heteroatoms. The van der Waals surface area contributed by atoms with Gasteiger partial charge in [-0.05, 0) is 118 Å². The minimum absolute atomic E-state index is 0.00552. The molecule has 0 bridgehead atoms. The van der Waals surface area contributed by atoms with Crippen molar-refractivity contribution in [3.05, 3.63) is 187 Å². The van der Waals surface area contributed by atoms with E-state index in [1.54, 1.807) is 6.07 Å². The van der Waals surface area contributed by atoms with Gasteiger partial charge in [-0.15, -0.1) is 0 Å². The van der Waals surface area contributed by atoms with Gasteiger partial charge in [-0.2, -0.15) is 0 Å². The third-order valence-corrected chi connectivity index (χ3v) is 11.0. The molecule has 0 amide bonds. The molecule has 8 aromatic rings. The first-order chi connectivity index (χ1) is 26.4. The molecule has 0 fully saturated rings. The summed E-state index contributed by atoms with van der Waals surface area (Å²) in [7, 11) is 0. The lowest BCUT2D eigenvalue weighted by atomic mass is 9.34. The summed E-state index contributed by atoms with van der Waals surface area (Å²) in [6.45, 7) is 6.60. The van der Waals surface area contributed by atoms with Gasteiger partial charge in [0.15, 0.2) is 0 Å². The highest BCUT2D eigenvalue weighted by Gasteiger charge is 2.44. The van der Waals surface area contributed by atoms with Gasteiger partial charge >= 0.3 is 0 Å². The van der Waals surface area contributed by atoms with Crippen molar-refractivity contribution in [2.24, 2.45) is 0 Å². The van der Waals surface area contributed by atoms with Crippen molar-refractivity contribution in [2.75, 3.05) is 14.7 Å². The van der Waals surface area contributed by atoms with Gasteiger partial charge in [0.05, 0.1) is 5.69 Å². The highest BCUT2D eigenvalue weighted by molar-refractivity contribution is 7.00. The highest BCUT2D eigenvalue weighted by Crippen LogP contribution is 2.46. The summed E-state index contributed by atoms with van der Waals surface area (Å²) in [5, 5.41) is 0. The summed E-state index contributed by atoms with van der Waals surface area (Å²) in [5.41, 5.74) is 13.9. The predicted molar refractivity (Wildman–Crippen MR) is 225 cm³/mol. The number of pyridine rings is 1. The van der Waals surface area contributed by atoms with Crippen molar-refractivity contribution >= 4 is 79.9 Å². The number of anilines is 9. The van der Waals surface area contributed by atoms with Crippen LogP contribution in [-0.4, -0.2) is 11.1 Å². The van der Waals surface area contributed by atoms with Crippen LogP contribution in [0.15, 0.2) is 176 Å². The van der Waals surface area contributed by atoms with Crippen LogP contribution in [0, 0.1) is 5.82 Å². The highest BCUT2D eigenvalue weighted by atomic mass is 19.1.